The van der Waals surface area contributed by atoms with E-state index in [2.05, 4.69) is 33.7 Å². The predicted molar refractivity (Wildman–Crippen MR) is 116 cm³/mol. The van der Waals surface area contributed by atoms with E-state index in [0.717, 1.165) is 63.7 Å². The number of nitrogens with zero attached hydrogens (tertiary/aromatic N) is 3. The van der Waals surface area contributed by atoms with Crippen molar-refractivity contribution < 1.29 is 9.53 Å². The molecule has 1 saturated carbocycles. The van der Waals surface area contributed by atoms with Gasteiger partial charge in [0.2, 0.25) is 0 Å². The summed E-state index contributed by atoms with van der Waals surface area (Å²) < 4.78 is 8.20. The van der Waals surface area contributed by atoms with E-state index in [1.54, 1.807) is 0 Å². The van der Waals surface area contributed by atoms with E-state index in [9.17, 15) is 4.79 Å². The molecular weight excluding hydrogens is 376 g/mol. The summed E-state index contributed by atoms with van der Waals surface area (Å²) in [5, 5.41) is 0. The molecule has 1 aromatic carbocycles. The molecule has 6 heteroatoms. The van der Waals surface area contributed by atoms with Crippen molar-refractivity contribution in [3.63, 3.8) is 0 Å². The quantitative estimate of drug-likeness (QED) is 0.770. The molecule has 1 aliphatic carbocycles. The van der Waals surface area contributed by atoms with E-state index in [-0.39, 0.29) is 24.2 Å². The summed E-state index contributed by atoms with van der Waals surface area (Å²) in [7, 11) is 0. The van der Waals surface area contributed by atoms with E-state index in [1.807, 2.05) is 6.33 Å². The number of hydrogen-bond acceptors (Lipinski definition) is 5. The maximum Gasteiger partial charge on any atom is 0.324 e. The number of hydrogen-bond donors (Lipinski definition) is 1. The van der Waals surface area contributed by atoms with Crippen molar-refractivity contribution in [1.82, 2.24) is 14.5 Å². The van der Waals surface area contributed by atoms with Crippen LogP contribution in [0, 0.1) is 0 Å². The topological polar surface area (TPSA) is 73.4 Å². The Kier molecular flexibility index (Phi) is 5.61. The Morgan fingerprint density at radius 3 is 2.80 bits per heavy atom. The smallest absolute Gasteiger partial charge is 0.324 e. The van der Waals surface area contributed by atoms with Gasteiger partial charge in [-0.25, -0.2) is 4.98 Å². The Morgan fingerprint density at radius 1 is 1.17 bits per heavy atom. The normalized spacial score (nSPS) is 23.0. The Balaban J connectivity index is 1.38. The highest BCUT2D eigenvalue weighted by molar-refractivity contribution is 5.76. The van der Waals surface area contributed by atoms with Gasteiger partial charge >= 0.3 is 5.97 Å². The number of para-hydroxylation sites is 1. The summed E-state index contributed by atoms with van der Waals surface area (Å²) in [5.41, 5.74) is 11.0. The van der Waals surface area contributed by atoms with Crippen molar-refractivity contribution in [3.05, 3.63) is 47.5 Å². The molecule has 0 amide bonds. The zero-order valence-corrected chi connectivity index (χ0v) is 17.6. The first-order chi connectivity index (χ1) is 14.7. The van der Waals surface area contributed by atoms with E-state index in [1.165, 1.54) is 23.4 Å². The van der Waals surface area contributed by atoms with Crippen LogP contribution in [-0.2, 0) is 28.8 Å². The molecule has 5 rings (SSSR count). The van der Waals surface area contributed by atoms with Crippen LogP contribution in [0.25, 0.3) is 5.69 Å². The van der Waals surface area contributed by atoms with Crippen LogP contribution in [-0.4, -0.2) is 51.7 Å². The van der Waals surface area contributed by atoms with Crippen LogP contribution in [0.3, 0.4) is 0 Å². The largest absolute Gasteiger partial charge is 0.461 e. The number of fused-ring (bicyclic) bond motifs is 3. The number of likely N-dealkylation sites (tertiary alicyclic amines) is 1. The fraction of sp³-hybridized carbons (Fsp3) is 0.583. The number of esters is 1. The fourth-order valence-corrected chi connectivity index (χ4v) is 5.33. The van der Waals surface area contributed by atoms with Crippen LogP contribution in [0.15, 0.2) is 30.6 Å². The van der Waals surface area contributed by atoms with Gasteiger partial charge < -0.3 is 15.0 Å². The maximum atomic E-state index is 13.3. The zero-order valence-electron chi connectivity index (χ0n) is 17.6. The standard InChI is InChI=1S/C24H32N4O2/c25-18-12-13-27(15-18)23(24(29)30-19-7-2-1-3-8-19)14-20-22-11-10-17-6-4-5-9-21(17)28(22)16-26-20/h4-6,9,16,18-19,23H,1-3,7-8,10-15,25H2. The average molecular weight is 409 g/mol. The van der Waals surface area contributed by atoms with E-state index < -0.39 is 0 Å². The van der Waals surface area contributed by atoms with Crippen molar-refractivity contribution >= 4 is 5.97 Å². The first kappa shape index (κ1) is 19.8. The predicted octanol–water partition coefficient (Wildman–Crippen LogP) is 2.79. The molecule has 160 valence electrons. The molecule has 2 atom stereocenters. The number of ether oxygens (including phenoxy) is 1. The third-order valence-electron chi connectivity index (χ3n) is 7.03. The number of benzene rings is 1. The van der Waals surface area contributed by atoms with E-state index >= 15 is 0 Å². The zero-order chi connectivity index (χ0) is 20.5. The molecule has 30 heavy (non-hydrogen) atoms. The Bertz CT molecular complexity index is 902. The van der Waals surface area contributed by atoms with Crippen LogP contribution in [0.1, 0.15) is 55.5 Å². The second-order valence-electron chi connectivity index (χ2n) is 9.10. The monoisotopic (exact) mass is 408 g/mol. The number of rotatable bonds is 5. The molecule has 2 unspecified atom stereocenters. The third-order valence-corrected chi connectivity index (χ3v) is 7.03. The van der Waals surface area contributed by atoms with Crippen LogP contribution < -0.4 is 5.73 Å². The van der Waals surface area contributed by atoms with Crippen LogP contribution in [0.5, 0.6) is 0 Å². The van der Waals surface area contributed by atoms with Crippen molar-refractivity contribution in [2.24, 2.45) is 5.73 Å². The number of aromatic nitrogens is 2. The highest BCUT2D eigenvalue weighted by Gasteiger charge is 2.35. The van der Waals surface area contributed by atoms with Gasteiger partial charge in [0, 0.05) is 36.9 Å². The Morgan fingerprint density at radius 2 is 2.00 bits per heavy atom. The lowest BCUT2D eigenvalue weighted by molar-refractivity contribution is -0.156. The van der Waals surface area contributed by atoms with Gasteiger partial charge in [0.25, 0.3) is 0 Å². The van der Waals surface area contributed by atoms with Crippen LogP contribution in [0.4, 0.5) is 0 Å². The summed E-state index contributed by atoms with van der Waals surface area (Å²) in [6.45, 7) is 1.60. The van der Waals surface area contributed by atoms with Gasteiger partial charge in [-0.05, 0) is 56.6 Å². The molecule has 1 saturated heterocycles. The molecule has 0 radical (unpaired) electrons. The molecule has 2 N–H and O–H groups in total. The van der Waals surface area contributed by atoms with Gasteiger partial charge in [0.1, 0.15) is 12.1 Å². The lowest BCUT2D eigenvalue weighted by Gasteiger charge is -2.29. The Hall–Kier alpha value is -2.18. The minimum absolute atomic E-state index is 0.0767. The molecular formula is C24H32N4O2. The number of carbonyl (C=O) groups is 1. The van der Waals surface area contributed by atoms with Crippen molar-refractivity contribution in [3.8, 4) is 5.69 Å². The second-order valence-corrected chi connectivity index (χ2v) is 9.10. The maximum absolute atomic E-state index is 13.3. The minimum atomic E-state index is -0.294. The molecule has 3 aliphatic rings. The first-order valence-electron chi connectivity index (χ1n) is 11.5. The molecule has 1 aromatic heterocycles. The number of imidazole rings is 1. The number of nitrogens with two attached hydrogens (primary N) is 1. The van der Waals surface area contributed by atoms with Crippen molar-refractivity contribution in [1.29, 1.82) is 0 Å². The highest BCUT2D eigenvalue weighted by atomic mass is 16.5. The van der Waals surface area contributed by atoms with Gasteiger partial charge in [-0.1, -0.05) is 24.6 Å². The SMILES string of the molecule is NC1CCN(C(Cc2ncn3c2CCc2ccccc2-3)C(=O)OC2CCCCC2)C1. The molecule has 2 fully saturated rings. The second kappa shape index (κ2) is 8.52. The van der Waals surface area contributed by atoms with E-state index in [0.29, 0.717) is 6.42 Å². The molecule has 3 heterocycles. The van der Waals surface area contributed by atoms with Gasteiger partial charge in [-0.15, -0.1) is 0 Å². The molecule has 0 bridgehead atoms. The lowest BCUT2D eigenvalue weighted by atomic mass is 9.97. The summed E-state index contributed by atoms with van der Waals surface area (Å²) in [6.07, 6.45) is 11.1. The van der Waals surface area contributed by atoms with Crippen LogP contribution in [0.2, 0.25) is 0 Å². The van der Waals surface area contributed by atoms with Crippen molar-refractivity contribution in [2.75, 3.05) is 13.1 Å². The number of carbonyl (C=O) groups excluding carboxylic acids is 1. The van der Waals surface area contributed by atoms with Gasteiger partial charge in [-0.3, -0.25) is 9.69 Å². The highest BCUT2D eigenvalue weighted by Crippen LogP contribution is 2.28. The summed E-state index contributed by atoms with van der Waals surface area (Å²) in [5.74, 6) is -0.0889. The fourth-order valence-electron chi connectivity index (χ4n) is 5.33. The summed E-state index contributed by atoms with van der Waals surface area (Å²) >= 11 is 0. The molecule has 2 aromatic rings. The summed E-state index contributed by atoms with van der Waals surface area (Å²) in [6, 6.07) is 8.35. The molecule has 0 spiro atoms. The van der Waals surface area contributed by atoms with Gasteiger partial charge in [0.05, 0.1) is 12.0 Å². The molecule has 6 nitrogen and oxygen atoms in total. The van der Waals surface area contributed by atoms with E-state index in [4.69, 9.17) is 15.5 Å². The van der Waals surface area contributed by atoms with Crippen LogP contribution >= 0.6 is 0 Å². The third kappa shape index (κ3) is 3.91. The average Bonchev–Trinajstić information content (AvgIpc) is 3.38. The Labute approximate surface area is 178 Å². The van der Waals surface area contributed by atoms with Crippen molar-refractivity contribution in [2.45, 2.75) is 76.0 Å². The van der Waals surface area contributed by atoms with Gasteiger partial charge in [0.15, 0.2) is 0 Å². The lowest BCUT2D eigenvalue weighted by Crippen LogP contribution is -2.45. The minimum Gasteiger partial charge on any atom is -0.461 e. The van der Waals surface area contributed by atoms with Gasteiger partial charge in [-0.2, -0.15) is 0 Å². The molecule has 2 aliphatic heterocycles. The summed E-state index contributed by atoms with van der Waals surface area (Å²) in [4.78, 5) is 20.2. The first-order valence-corrected chi connectivity index (χ1v) is 11.5. The number of aryl methyl sites for hydroxylation is 1.